The van der Waals surface area contributed by atoms with Gasteiger partial charge in [-0.3, -0.25) is 0 Å². The van der Waals surface area contributed by atoms with Gasteiger partial charge in [0.05, 0.1) is 11.1 Å². The van der Waals surface area contributed by atoms with E-state index < -0.39 is 0 Å². The molecule has 112 valence electrons. The van der Waals surface area contributed by atoms with Crippen molar-refractivity contribution in [3.63, 3.8) is 0 Å². The van der Waals surface area contributed by atoms with Crippen molar-refractivity contribution in [1.29, 1.82) is 0 Å². The molecule has 2 rings (SSSR count). The fraction of sp³-hybridized carbons (Fsp3) is 0.294. The van der Waals surface area contributed by atoms with Gasteiger partial charge in [0, 0.05) is 12.6 Å². The molecule has 21 heavy (non-hydrogen) atoms. The molecule has 0 radical (unpaired) electrons. The van der Waals surface area contributed by atoms with Crippen molar-refractivity contribution >= 4 is 15.9 Å². The summed E-state index contributed by atoms with van der Waals surface area (Å²) in [7, 11) is 0. The average molecular weight is 350 g/mol. The molecule has 3 nitrogen and oxygen atoms in total. The molecule has 0 aliphatic heterocycles. The van der Waals surface area contributed by atoms with Gasteiger partial charge in [0.25, 0.3) is 0 Å². The standard InChI is InChI=1S/C17H20BrNO2/c1-3-19-12-13-8-9-17(16(18)10-13)21-15-7-5-6-14(11-15)20-4-2/h5-11,19H,3-4,12H2,1-2H3. The first-order valence-electron chi connectivity index (χ1n) is 7.12. The van der Waals surface area contributed by atoms with Gasteiger partial charge in [0.15, 0.2) is 0 Å². The van der Waals surface area contributed by atoms with Gasteiger partial charge in [-0.25, -0.2) is 0 Å². The molecule has 0 heterocycles. The summed E-state index contributed by atoms with van der Waals surface area (Å²) in [4.78, 5) is 0. The van der Waals surface area contributed by atoms with E-state index in [1.807, 2.05) is 37.3 Å². The molecule has 4 heteroatoms. The molecule has 0 bridgehead atoms. The van der Waals surface area contributed by atoms with Crippen LogP contribution in [0.1, 0.15) is 19.4 Å². The minimum absolute atomic E-state index is 0.645. The number of halogens is 1. The fourth-order valence-corrected chi connectivity index (χ4v) is 2.43. The number of hydrogen-bond donors (Lipinski definition) is 1. The van der Waals surface area contributed by atoms with Crippen LogP contribution in [0.25, 0.3) is 0 Å². The minimum Gasteiger partial charge on any atom is -0.494 e. The van der Waals surface area contributed by atoms with E-state index in [1.54, 1.807) is 0 Å². The second-order valence-corrected chi connectivity index (χ2v) is 5.41. The highest BCUT2D eigenvalue weighted by Gasteiger charge is 2.05. The quantitative estimate of drug-likeness (QED) is 0.782. The maximum atomic E-state index is 5.91. The smallest absolute Gasteiger partial charge is 0.141 e. The number of nitrogens with one attached hydrogen (secondary N) is 1. The number of ether oxygens (including phenoxy) is 2. The first-order valence-corrected chi connectivity index (χ1v) is 7.92. The molecule has 0 aliphatic carbocycles. The molecular weight excluding hydrogens is 330 g/mol. The highest BCUT2D eigenvalue weighted by atomic mass is 79.9. The van der Waals surface area contributed by atoms with Gasteiger partial charge in [-0.2, -0.15) is 0 Å². The molecule has 0 saturated heterocycles. The Labute approximate surface area is 134 Å². The van der Waals surface area contributed by atoms with Gasteiger partial charge in [-0.05, 0) is 59.2 Å². The maximum Gasteiger partial charge on any atom is 0.141 e. The van der Waals surface area contributed by atoms with Gasteiger partial charge in [-0.1, -0.05) is 19.1 Å². The third-order valence-corrected chi connectivity index (χ3v) is 3.54. The van der Waals surface area contributed by atoms with Crippen molar-refractivity contribution < 1.29 is 9.47 Å². The van der Waals surface area contributed by atoms with E-state index >= 15 is 0 Å². The first kappa shape index (κ1) is 15.9. The zero-order valence-corrected chi connectivity index (χ0v) is 13.9. The molecule has 0 unspecified atom stereocenters. The van der Waals surface area contributed by atoms with Crippen molar-refractivity contribution in [1.82, 2.24) is 5.32 Å². The fourth-order valence-electron chi connectivity index (χ4n) is 1.93. The summed E-state index contributed by atoms with van der Waals surface area (Å²) < 4.78 is 12.3. The number of hydrogen-bond acceptors (Lipinski definition) is 3. The SMILES string of the molecule is CCNCc1ccc(Oc2cccc(OCC)c2)c(Br)c1. The summed E-state index contributed by atoms with van der Waals surface area (Å²) >= 11 is 3.56. The molecule has 2 aromatic rings. The van der Waals surface area contributed by atoms with E-state index in [1.165, 1.54) is 5.56 Å². The third-order valence-electron chi connectivity index (χ3n) is 2.92. The lowest BCUT2D eigenvalue weighted by Crippen LogP contribution is -2.11. The van der Waals surface area contributed by atoms with E-state index in [0.29, 0.717) is 6.61 Å². The topological polar surface area (TPSA) is 30.5 Å². The van der Waals surface area contributed by atoms with Crippen molar-refractivity contribution in [3.05, 3.63) is 52.5 Å². The Morgan fingerprint density at radius 3 is 2.57 bits per heavy atom. The van der Waals surface area contributed by atoms with Crippen molar-refractivity contribution in [2.24, 2.45) is 0 Å². The minimum atomic E-state index is 0.645. The van der Waals surface area contributed by atoms with Gasteiger partial charge in [-0.15, -0.1) is 0 Å². The van der Waals surface area contributed by atoms with E-state index in [4.69, 9.17) is 9.47 Å². The van der Waals surface area contributed by atoms with Crippen LogP contribution in [0.3, 0.4) is 0 Å². The number of rotatable bonds is 7. The van der Waals surface area contributed by atoms with E-state index in [2.05, 4.69) is 40.3 Å². The summed E-state index contributed by atoms with van der Waals surface area (Å²) in [6.07, 6.45) is 0. The van der Waals surface area contributed by atoms with Gasteiger partial charge in [0.2, 0.25) is 0 Å². The molecule has 0 amide bonds. The molecule has 0 fully saturated rings. The zero-order valence-electron chi connectivity index (χ0n) is 12.4. The van der Waals surface area contributed by atoms with E-state index in [9.17, 15) is 0 Å². The lowest BCUT2D eigenvalue weighted by atomic mass is 10.2. The van der Waals surface area contributed by atoms with E-state index in [-0.39, 0.29) is 0 Å². The molecule has 1 N–H and O–H groups in total. The van der Waals surface area contributed by atoms with Crippen LogP contribution in [0.2, 0.25) is 0 Å². The largest absolute Gasteiger partial charge is 0.494 e. The van der Waals surface area contributed by atoms with Crippen LogP contribution in [-0.2, 0) is 6.54 Å². The van der Waals surface area contributed by atoms with Crippen LogP contribution in [0, 0.1) is 0 Å². The lowest BCUT2D eigenvalue weighted by Gasteiger charge is -2.11. The maximum absolute atomic E-state index is 5.91. The van der Waals surface area contributed by atoms with Crippen LogP contribution in [0.5, 0.6) is 17.2 Å². The average Bonchev–Trinajstić information content (AvgIpc) is 2.48. The second-order valence-electron chi connectivity index (χ2n) is 4.56. The predicted octanol–water partition coefficient (Wildman–Crippen LogP) is 4.75. The highest BCUT2D eigenvalue weighted by Crippen LogP contribution is 2.31. The normalized spacial score (nSPS) is 10.4. The Bertz CT molecular complexity index is 587. The van der Waals surface area contributed by atoms with Crippen LogP contribution >= 0.6 is 15.9 Å². The van der Waals surface area contributed by atoms with Gasteiger partial charge in [0.1, 0.15) is 17.2 Å². The van der Waals surface area contributed by atoms with Crippen molar-refractivity contribution in [3.8, 4) is 17.2 Å². The Morgan fingerprint density at radius 2 is 1.86 bits per heavy atom. The van der Waals surface area contributed by atoms with E-state index in [0.717, 1.165) is 34.8 Å². The lowest BCUT2D eigenvalue weighted by molar-refractivity contribution is 0.338. The predicted molar refractivity (Wildman–Crippen MR) is 89.2 cm³/mol. The van der Waals surface area contributed by atoms with Gasteiger partial charge < -0.3 is 14.8 Å². The molecule has 2 aromatic carbocycles. The van der Waals surface area contributed by atoms with Gasteiger partial charge >= 0.3 is 0 Å². The molecular formula is C17H20BrNO2. The molecule has 0 atom stereocenters. The Morgan fingerprint density at radius 1 is 1.05 bits per heavy atom. The third kappa shape index (κ3) is 4.76. The Balaban J connectivity index is 2.10. The van der Waals surface area contributed by atoms with Crippen molar-refractivity contribution in [2.45, 2.75) is 20.4 Å². The van der Waals surface area contributed by atoms with Crippen LogP contribution < -0.4 is 14.8 Å². The molecule has 0 aliphatic rings. The van der Waals surface area contributed by atoms with Crippen LogP contribution in [-0.4, -0.2) is 13.2 Å². The molecule has 0 saturated carbocycles. The summed E-state index contributed by atoms with van der Waals surface area (Å²) in [6, 6.07) is 13.8. The monoisotopic (exact) mass is 349 g/mol. The molecule has 0 spiro atoms. The zero-order chi connectivity index (χ0) is 15.1. The first-order chi connectivity index (χ1) is 10.2. The summed E-state index contributed by atoms with van der Waals surface area (Å²) in [5, 5.41) is 3.30. The van der Waals surface area contributed by atoms with Crippen LogP contribution in [0.15, 0.2) is 46.9 Å². The Hall–Kier alpha value is -1.52. The molecule has 0 aromatic heterocycles. The summed E-state index contributed by atoms with van der Waals surface area (Å²) in [6.45, 7) is 6.52. The number of benzene rings is 2. The highest BCUT2D eigenvalue weighted by molar-refractivity contribution is 9.10. The summed E-state index contributed by atoms with van der Waals surface area (Å²) in [5.41, 5.74) is 1.22. The second kappa shape index (κ2) is 8.05. The summed E-state index contributed by atoms with van der Waals surface area (Å²) in [5.74, 6) is 2.37. The Kier molecular flexibility index (Phi) is 6.08. The van der Waals surface area contributed by atoms with Crippen molar-refractivity contribution in [2.75, 3.05) is 13.2 Å². The van der Waals surface area contributed by atoms with Crippen LogP contribution in [0.4, 0.5) is 0 Å².